The van der Waals surface area contributed by atoms with Gasteiger partial charge in [0.25, 0.3) is 11.6 Å². The van der Waals surface area contributed by atoms with Gasteiger partial charge in [0.1, 0.15) is 5.75 Å². The minimum Gasteiger partial charge on any atom is -0.438 e. The molecule has 3 heterocycles. The van der Waals surface area contributed by atoms with Crippen LogP contribution in [0.1, 0.15) is 32.7 Å². The first-order valence-corrected chi connectivity index (χ1v) is 11.9. The molecule has 0 atom stereocenters. The molecule has 186 valence electrons. The lowest BCUT2D eigenvalue weighted by molar-refractivity contribution is -0.385. The first-order valence-electron chi connectivity index (χ1n) is 11.9. The summed E-state index contributed by atoms with van der Waals surface area (Å²) in [6.07, 6.45) is 0.527. The van der Waals surface area contributed by atoms with Gasteiger partial charge in [-0.3, -0.25) is 14.9 Å². The van der Waals surface area contributed by atoms with Crippen LogP contribution in [0.3, 0.4) is 0 Å². The van der Waals surface area contributed by atoms with E-state index >= 15 is 0 Å². The summed E-state index contributed by atoms with van der Waals surface area (Å²) in [4.78, 5) is 37.6. The SMILES string of the molecule is Cc1cccc(Oc2nc(N3CCOCC3)nc3c2CN(C(=O)c2ccc(C)c([N+](=O)[O-])c2)CC3)c1. The molecule has 36 heavy (non-hydrogen) atoms. The number of rotatable bonds is 5. The van der Waals surface area contributed by atoms with E-state index in [2.05, 4.69) is 4.90 Å². The Morgan fingerprint density at radius 1 is 1.08 bits per heavy atom. The van der Waals surface area contributed by atoms with Gasteiger partial charge in [0.15, 0.2) is 0 Å². The van der Waals surface area contributed by atoms with Gasteiger partial charge in [0, 0.05) is 43.2 Å². The summed E-state index contributed by atoms with van der Waals surface area (Å²) in [6, 6.07) is 12.3. The Balaban J connectivity index is 1.48. The number of benzene rings is 2. The third kappa shape index (κ3) is 4.85. The van der Waals surface area contributed by atoms with Gasteiger partial charge in [-0.05, 0) is 37.6 Å². The van der Waals surface area contributed by atoms with Crippen LogP contribution in [0.2, 0.25) is 0 Å². The van der Waals surface area contributed by atoms with Crippen LogP contribution in [0, 0.1) is 24.0 Å². The molecule has 10 nitrogen and oxygen atoms in total. The lowest BCUT2D eigenvalue weighted by atomic mass is 10.0. The second-order valence-corrected chi connectivity index (χ2v) is 9.01. The molecule has 2 aliphatic rings. The van der Waals surface area contributed by atoms with Gasteiger partial charge in [-0.2, -0.15) is 4.98 Å². The summed E-state index contributed by atoms with van der Waals surface area (Å²) >= 11 is 0. The maximum Gasteiger partial charge on any atom is 0.273 e. The van der Waals surface area contributed by atoms with Crippen LogP contribution in [0.15, 0.2) is 42.5 Å². The quantitative estimate of drug-likeness (QED) is 0.393. The Morgan fingerprint density at radius 3 is 2.64 bits per heavy atom. The number of fused-ring (bicyclic) bond motifs is 1. The topological polar surface area (TPSA) is 111 Å². The number of ether oxygens (including phenoxy) is 2. The number of carbonyl (C=O) groups excluding carboxylic acids is 1. The third-order valence-electron chi connectivity index (χ3n) is 6.45. The van der Waals surface area contributed by atoms with Crippen molar-refractivity contribution in [1.82, 2.24) is 14.9 Å². The van der Waals surface area contributed by atoms with Crippen LogP contribution in [0.25, 0.3) is 0 Å². The molecular formula is C26H27N5O5. The molecule has 1 aromatic heterocycles. The molecule has 0 radical (unpaired) electrons. The highest BCUT2D eigenvalue weighted by Crippen LogP contribution is 2.33. The number of hydrogen-bond acceptors (Lipinski definition) is 8. The van der Waals surface area contributed by atoms with E-state index in [0.717, 1.165) is 16.8 Å². The van der Waals surface area contributed by atoms with E-state index in [-0.39, 0.29) is 23.7 Å². The number of nitrogens with zero attached hydrogens (tertiary/aromatic N) is 5. The fraction of sp³-hybridized carbons (Fsp3) is 0.346. The highest BCUT2D eigenvalue weighted by molar-refractivity contribution is 5.95. The smallest absolute Gasteiger partial charge is 0.273 e. The van der Waals surface area contributed by atoms with Crippen LogP contribution < -0.4 is 9.64 Å². The molecule has 1 fully saturated rings. The zero-order valence-corrected chi connectivity index (χ0v) is 20.3. The highest BCUT2D eigenvalue weighted by atomic mass is 16.6. The van der Waals surface area contributed by atoms with Gasteiger partial charge < -0.3 is 19.3 Å². The predicted molar refractivity (Wildman–Crippen MR) is 133 cm³/mol. The number of morpholine rings is 1. The number of aryl methyl sites for hydroxylation is 2. The van der Waals surface area contributed by atoms with Crippen molar-refractivity contribution in [2.45, 2.75) is 26.8 Å². The van der Waals surface area contributed by atoms with E-state index in [0.29, 0.717) is 62.4 Å². The maximum absolute atomic E-state index is 13.3. The molecule has 5 rings (SSSR count). The van der Waals surface area contributed by atoms with Gasteiger partial charge in [0.05, 0.1) is 35.9 Å². The minimum atomic E-state index is -0.466. The normalized spacial score (nSPS) is 15.4. The van der Waals surface area contributed by atoms with E-state index < -0.39 is 4.92 Å². The van der Waals surface area contributed by atoms with Gasteiger partial charge >= 0.3 is 0 Å². The Hall–Kier alpha value is -4.05. The van der Waals surface area contributed by atoms with Gasteiger partial charge in [-0.1, -0.05) is 18.2 Å². The lowest BCUT2D eigenvalue weighted by Gasteiger charge is -2.32. The molecule has 0 unspecified atom stereocenters. The monoisotopic (exact) mass is 489 g/mol. The molecule has 0 saturated carbocycles. The van der Waals surface area contributed by atoms with E-state index in [9.17, 15) is 14.9 Å². The number of nitro benzene ring substituents is 1. The summed E-state index contributed by atoms with van der Waals surface area (Å²) in [5.41, 5.74) is 3.37. The van der Waals surface area contributed by atoms with Crippen molar-refractivity contribution >= 4 is 17.5 Å². The Kier molecular flexibility index (Phi) is 6.51. The number of anilines is 1. The molecule has 3 aromatic rings. The summed E-state index contributed by atoms with van der Waals surface area (Å²) in [7, 11) is 0. The second kappa shape index (κ2) is 9.90. The molecule has 2 aliphatic heterocycles. The molecule has 1 saturated heterocycles. The van der Waals surface area contributed by atoms with Gasteiger partial charge in [-0.15, -0.1) is 0 Å². The Bertz CT molecular complexity index is 1320. The van der Waals surface area contributed by atoms with E-state index in [4.69, 9.17) is 19.4 Å². The summed E-state index contributed by atoms with van der Waals surface area (Å²) < 4.78 is 11.7. The third-order valence-corrected chi connectivity index (χ3v) is 6.45. The van der Waals surface area contributed by atoms with Crippen LogP contribution in [-0.4, -0.2) is 58.5 Å². The van der Waals surface area contributed by atoms with Crippen molar-refractivity contribution in [3.8, 4) is 11.6 Å². The standard InChI is InChI=1S/C26H27N5O5/c1-17-4-3-5-20(14-17)36-24-21-16-30(25(32)19-7-6-18(2)23(15-19)31(33)34)9-8-22(21)27-26(28-24)29-10-12-35-13-11-29/h3-7,14-15H,8-13,16H2,1-2H3. The average Bonchev–Trinajstić information content (AvgIpc) is 2.88. The molecule has 0 aliphatic carbocycles. The predicted octanol–water partition coefficient (Wildman–Crippen LogP) is 3.83. The van der Waals surface area contributed by atoms with Crippen molar-refractivity contribution in [2.75, 3.05) is 37.7 Å². The van der Waals surface area contributed by atoms with Crippen molar-refractivity contribution in [3.63, 3.8) is 0 Å². The second-order valence-electron chi connectivity index (χ2n) is 9.01. The number of nitro groups is 1. The Labute approximate surface area is 208 Å². The first kappa shape index (κ1) is 23.7. The van der Waals surface area contributed by atoms with Crippen LogP contribution in [-0.2, 0) is 17.7 Å². The van der Waals surface area contributed by atoms with E-state index in [1.165, 1.54) is 6.07 Å². The largest absolute Gasteiger partial charge is 0.438 e. The number of carbonyl (C=O) groups is 1. The molecule has 2 aromatic carbocycles. The van der Waals surface area contributed by atoms with Crippen molar-refractivity contribution in [3.05, 3.63) is 80.5 Å². The molecular weight excluding hydrogens is 462 g/mol. The summed E-state index contributed by atoms with van der Waals surface area (Å²) in [6.45, 7) is 6.94. The van der Waals surface area contributed by atoms with Crippen molar-refractivity contribution in [2.24, 2.45) is 0 Å². The minimum absolute atomic E-state index is 0.0692. The average molecular weight is 490 g/mol. The zero-order chi connectivity index (χ0) is 25.2. The molecule has 0 spiro atoms. The van der Waals surface area contributed by atoms with E-state index in [1.807, 2.05) is 31.2 Å². The number of hydrogen-bond donors (Lipinski definition) is 0. The molecule has 10 heteroatoms. The molecule has 1 amide bonds. The lowest BCUT2D eigenvalue weighted by Crippen LogP contribution is -2.39. The number of amides is 1. The van der Waals surface area contributed by atoms with E-state index in [1.54, 1.807) is 24.0 Å². The van der Waals surface area contributed by atoms with Crippen LogP contribution in [0.4, 0.5) is 11.6 Å². The number of aromatic nitrogens is 2. The van der Waals surface area contributed by atoms with Crippen molar-refractivity contribution < 1.29 is 19.2 Å². The molecule has 0 bridgehead atoms. The fourth-order valence-corrected chi connectivity index (χ4v) is 4.45. The van der Waals surface area contributed by atoms with Crippen molar-refractivity contribution in [1.29, 1.82) is 0 Å². The maximum atomic E-state index is 13.3. The fourth-order valence-electron chi connectivity index (χ4n) is 4.45. The highest BCUT2D eigenvalue weighted by Gasteiger charge is 2.29. The summed E-state index contributed by atoms with van der Waals surface area (Å²) in [5, 5.41) is 11.4. The molecule has 0 N–H and O–H groups in total. The first-order chi connectivity index (χ1) is 17.4. The van der Waals surface area contributed by atoms with Gasteiger partial charge in [0.2, 0.25) is 11.8 Å². The Morgan fingerprint density at radius 2 is 1.89 bits per heavy atom. The van der Waals surface area contributed by atoms with Crippen LogP contribution in [0.5, 0.6) is 11.6 Å². The summed E-state index contributed by atoms with van der Waals surface area (Å²) in [5.74, 6) is 1.39. The van der Waals surface area contributed by atoms with Gasteiger partial charge in [-0.25, -0.2) is 4.98 Å². The van der Waals surface area contributed by atoms with Crippen LogP contribution >= 0.6 is 0 Å². The zero-order valence-electron chi connectivity index (χ0n) is 20.3.